The van der Waals surface area contributed by atoms with E-state index in [0.29, 0.717) is 25.1 Å². The summed E-state index contributed by atoms with van der Waals surface area (Å²) in [6.45, 7) is 4.20. The van der Waals surface area contributed by atoms with Crippen molar-refractivity contribution in [1.82, 2.24) is 9.88 Å². The Morgan fingerprint density at radius 2 is 1.97 bits per heavy atom. The first-order chi connectivity index (χ1) is 17.7. The third-order valence-corrected chi connectivity index (χ3v) is 8.04. The van der Waals surface area contributed by atoms with E-state index in [1.165, 1.54) is 15.0 Å². The van der Waals surface area contributed by atoms with Crippen molar-refractivity contribution >= 4 is 55.9 Å². The van der Waals surface area contributed by atoms with Gasteiger partial charge in [0, 0.05) is 44.3 Å². The van der Waals surface area contributed by atoms with Crippen molar-refractivity contribution in [3.8, 4) is 5.75 Å². The summed E-state index contributed by atoms with van der Waals surface area (Å²) in [7, 11) is 0. The number of piperidine rings is 1. The summed E-state index contributed by atoms with van der Waals surface area (Å²) in [5.41, 5.74) is 1.05. The summed E-state index contributed by atoms with van der Waals surface area (Å²) in [5, 5.41) is 28.5. The van der Waals surface area contributed by atoms with Gasteiger partial charge in [-0.3, -0.25) is 4.90 Å². The maximum Gasteiger partial charge on any atom is 0.414 e. The fraction of sp³-hybridized carbons (Fsp3) is 0.333. The summed E-state index contributed by atoms with van der Waals surface area (Å²) in [5.74, 6) is -2.26. The number of ether oxygens (including phenoxy) is 1. The molecule has 37 heavy (non-hydrogen) atoms. The lowest BCUT2D eigenvalue weighted by Gasteiger charge is -2.38. The van der Waals surface area contributed by atoms with E-state index in [0.717, 1.165) is 41.1 Å². The topological polar surface area (TPSA) is 123 Å². The Kier molecular flexibility index (Phi) is 8.71. The highest BCUT2D eigenvalue weighted by molar-refractivity contribution is 7.19. The maximum atomic E-state index is 10.6. The lowest BCUT2D eigenvalue weighted by molar-refractivity contribution is -0.159. The lowest BCUT2D eigenvalue weighted by Crippen LogP contribution is -2.45. The van der Waals surface area contributed by atoms with Gasteiger partial charge in [0.1, 0.15) is 18.5 Å². The average molecular weight is 545 g/mol. The molecule has 2 aromatic heterocycles. The summed E-state index contributed by atoms with van der Waals surface area (Å²) in [4.78, 5) is 25.2. The van der Waals surface area contributed by atoms with Crippen molar-refractivity contribution in [1.29, 1.82) is 0 Å². The van der Waals surface area contributed by atoms with E-state index in [1.54, 1.807) is 0 Å². The number of carboxylic acids is 2. The molecule has 0 aliphatic carbocycles. The van der Waals surface area contributed by atoms with Crippen LogP contribution in [0.4, 0.5) is 0 Å². The highest BCUT2D eigenvalue weighted by Gasteiger charge is 2.28. The minimum Gasteiger partial charge on any atom is -0.490 e. The van der Waals surface area contributed by atoms with Crippen LogP contribution in [0, 0.1) is 0 Å². The van der Waals surface area contributed by atoms with E-state index < -0.39 is 18.0 Å². The second-order valence-corrected chi connectivity index (χ2v) is 10.7. The van der Waals surface area contributed by atoms with Gasteiger partial charge in [-0.25, -0.2) is 9.59 Å². The molecule has 4 N–H and O–H groups in total. The van der Waals surface area contributed by atoms with Gasteiger partial charge >= 0.3 is 11.9 Å². The Bertz CT molecular complexity index is 1370. The number of aromatic nitrogens is 1. The third kappa shape index (κ3) is 6.81. The van der Waals surface area contributed by atoms with Crippen molar-refractivity contribution in [2.24, 2.45) is 0 Å². The predicted molar refractivity (Wildman–Crippen MR) is 145 cm³/mol. The molecule has 0 unspecified atom stereocenters. The number of aliphatic hydroxyl groups excluding tert-OH is 1. The number of hydrogen-bond acceptors (Lipinski definition) is 6. The molecule has 3 heterocycles. The van der Waals surface area contributed by atoms with Crippen LogP contribution in [0.25, 0.3) is 21.0 Å². The van der Waals surface area contributed by atoms with Gasteiger partial charge in [-0.2, -0.15) is 0 Å². The average Bonchev–Trinajstić information content (AvgIpc) is 3.51. The Balaban J connectivity index is 0.000000480. The molecule has 0 saturated carbocycles. The van der Waals surface area contributed by atoms with E-state index >= 15 is 0 Å². The number of thiophene rings is 1. The van der Waals surface area contributed by atoms with Gasteiger partial charge in [0.2, 0.25) is 0 Å². The molecule has 196 valence electrons. The number of carboxylic acid groups (broad SMARTS) is 2. The van der Waals surface area contributed by atoms with Crippen LogP contribution in [0.5, 0.6) is 5.75 Å². The summed E-state index contributed by atoms with van der Waals surface area (Å²) < 4.78 is 7.25. The third-order valence-electron chi connectivity index (χ3n) is 6.53. The van der Waals surface area contributed by atoms with Crippen molar-refractivity contribution in [2.75, 3.05) is 19.7 Å². The minimum atomic E-state index is -1.82. The molecule has 4 aromatic rings. The van der Waals surface area contributed by atoms with Crippen molar-refractivity contribution in [2.45, 2.75) is 37.8 Å². The summed E-state index contributed by atoms with van der Waals surface area (Å²) in [6, 6.07) is 16.8. The van der Waals surface area contributed by atoms with Crippen LogP contribution in [-0.2, 0) is 9.59 Å². The van der Waals surface area contributed by atoms with Crippen LogP contribution in [0.2, 0.25) is 5.02 Å². The number of hydrogen-bond donors (Lipinski definition) is 4. The monoisotopic (exact) mass is 544 g/mol. The van der Waals surface area contributed by atoms with Gasteiger partial charge in [-0.1, -0.05) is 17.7 Å². The first kappa shape index (κ1) is 26.9. The summed E-state index contributed by atoms with van der Waals surface area (Å²) in [6.07, 6.45) is 3.61. The standard InChI is InChI=1S/C25H27ClN2O2S.C2H2O4/c1-16-11-17(25-13-18-12-19(26)5-6-24(18)31-25)8-10-28(16)14-20(29)15-30-23-4-2-3-22-21(23)7-9-27-22;3-1(4)2(5)6/h2-7,9,12-13,16-17,20,27,29H,8,10-11,14-15H2,1H3;(H,3,4)(H,5,6)/t16-,17+,20+;/m1./s1. The normalized spacial score (nSPS) is 18.8. The van der Waals surface area contributed by atoms with Crippen molar-refractivity contribution in [3.63, 3.8) is 0 Å². The number of H-pyrrole nitrogens is 1. The number of aliphatic carboxylic acids is 2. The molecule has 2 aromatic carbocycles. The Hall–Kier alpha value is -3.11. The van der Waals surface area contributed by atoms with Gasteiger partial charge in [0.25, 0.3) is 0 Å². The quantitative estimate of drug-likeness (QED) is 0.246. The van der Waals surface area contributed by atoms with Gasteiger partial charge < -0.3 is 25.0 Å². The molecule has 0 amide bonds. The smallest absolute Gasteiger partial charge is 0.414 e. The molecular weight excluding hydrogens is 516 g/mol. The molecule has 3 atom stereocenters. The largest absolute Gasteiger partial charge is 0.490 e. The van der Waals surface area contributed by atoms with Crippen LogP contribution >= 0.6 is 22.9 Å². The van der Waals surface area contributed by atoms with Gasteiger partial charge in [-0.15, -0.1) is 11.3 Å². The van der Waals surface area contributed by atoms with Gasteiger partial charge in [0.15, 0.2) is 0 Å². The molecule has 1 aliphatic rings. The Labute approximate surface area is 223 Å². The molecule has 1 saturated heterocycles. The summed E-state index contributed by atoms with van der Waals surface area (Å²) >= 11 is 8.04. The van der Waals surface area contributed by atoms with E-state index in [9.17, 15) is 5.11 Å². The van der Waals surface area contributed by atoms with Crippen LogP contribution in [0.3, 0.4) is 0 Å². The number of halogens is 1. The SMILES string of the molecule is C[C@@H]1C[C@@H](c2cc3cc(Cl)ccc3s2)CCN1C[C@H](O)COc1cccc2[nH]ccc12.O=C(O)C(=O)O. The number of aromatic amines is 1. The zero-order valence-electron chi connectivity index (χ0n) is 20.3. The van der Waals surface area contributed by atoms with Gasteiger partial charge in [0.05, 0.1) is 0 Å². The zero-order valence-corrected chi connectivity index (χ0v) is 21.8. The zero-order chi connectivity index (χ0) is 26.5. The highest BCUT2D eigenvalue weighted by Crippen LogP contribution is 2.39. The highest BCUT2D eigenvalue weighted by atomic mass is 35.5. The Morgan fingerprint density at radius 1 is 1.19 bits per heavy atom. The first-order valence-corrected chi connectivity index (χ1v) is 13.2. The molecule has 1 fully saturated rings. The second-order valence-electron chi connectivity index (χ2n) is 9.17. The molecule has 5 rings (SSSR count). The molecule has 10 heteroatoms. The Morgan fingerprint density at radius 3 is 2.70 bits per heavy atom. The number of aliphatic hydroxyl groups is 1. The van der Waals surface area contributed by atoms with E-state index in [-0.39, 0.29) is 0 Å². The van der Waals surface area contributed by atoms with Crippen molar-refractivity contribution in [3.05, 3.63) is 64.6 Å². The van der Waals surface area contributed by atoms with E-state index in [4.69, 9.17) is 36.1 Å². The fourth-order valence-electron chi connectivity index (χ4n) is 4.68. The molecule has 1 aliphatic heterocycles. The van der Waals surface area contributed by atoms with Crippen molar-refractivity contribution < 1.29 is 29.6 Å². The molecule has 0 bridgehead atoms. The molecule has 8 nitrogen and oxygen atoms in total. The second kappa shape index (κ2) is 12.0. The van der Waals surface area contributed by atoms with E-state index in [1.807, 2.05) is 47.9 Å². The van der Waals surface area contributed by atoms with Gasteiger partial charge in [-0.05, 0) is 80.1 Å². The molecule has 0 radical (unpaired) electrons. The predicted octanol–water partition coefficient (Wildman–Crippen LogP) is 5.20. The fourth-order valence-corrected chi connectivity index (χ4v) is 6.05. The van der Waals surface area contributed by atoms with Crippen LogP contribution in [0.15, 0.2) is 54.7 Å². The van der Waals surface area contributed by atoms with Crippen LogP contribution in [0.1, 0.15) is 30.6 Å². The maximum absolute atomic E-state index is 10.6. The van der Waals surface area contributed by atoms with E-state index in [2.05, 4.69) is 35.0 Å². The minimum absolute atomic E-state index is 0.300. The number of benzene rings is 2. The van der Waals surface area contributed by atoms with Crippen LogP contribution < -0.4 is 4.74 Å². The number of likely N-dealkylation sites (tertiary alicyclic amines) is 1. The molecular formula is C27H29ClN2O6S. The number of β-amino-alcohol motifs (C(OH)–C–C–N with tert-alkyl or cyclic N) is 1. The number of carbonyl (C=O) groups is 2. The number of nitrogens with one attached hydrogen (secondary N) is 1. The van der Waals surface area contributed by atoms with Crippen LogP contribution in [-0.4, -0.2) is 69.0 Å². The molecule has 0 spiro atoms. The number of rotatable bonds is 6. The lowest BCUT2D eigenvalue weighted by atomic mass is 9.90. The number of fused-ring (bicyclic) bond motifs is 2. The number of nitrogens with zero attached hydrogens (tertiary/aromatic N) is 1. The first-order valence-electron chi connectivity index (χ1n) is 12.0.